The molecule has 0 unspecified atom stereocenters. The standard InChI is InChI=1S/C14H14FN3O/c15-12-7-6-11(8-13(12)16)18-14(19)17-9-10-4-2-1-3-5-10/h1-8H,9,16H2,(H2,17,18,19). The van der Waals surface area contributed by atoms with Crippen molar-refractivity contribution in [2.24, 2.45) is 0 Å². The molecule has 2 aromatic carbocycles. The molecule has 5 heteroatoms. The third kappa shape index (κ3) is 3.70. The highest BCUT2D eigenvalue weighted by atomic mass is 19.1. The van der Waals surface area contributed by atoms with Gasteiger partial charge < -0.3 is 16.4 Å². The molecule has 0 aliphatic rings. The Labute approximate surface area is 110 Å². The van der Waals surface area contributed by atoms with Crippen LogP contribution in [0.3, 0.4) is 0 Å². The summed E-state index contributed by atoms with van der Waals surface area (Å²) >= 11 is 0. The van der Waals surface area contributed by atoms with Crippen LogP contribution in [0.2, 0.25) is 0 Å². The number of hydrogen-bond acceptors (Lipinski definition) is 2. The van der Waals surface area contributed by atoms with Crippen LogP contribution in [-0.2, 0) is 6.54 Å². The van der Waals surface area contributed by atoms with E-state index < -0.39 is 5.82 Å². The van der Waals surface area contributed by atoms with E-state index in [9.17, 15) is 9.18 Å². The SMILES string of the molecule is Nc1cc(NC(=O)NCc2ccccc2)ccc1F. The Morgan fingerprint density at radius 1 is 1.16 bits per heavy atom. The Kier molecular flexibility index (Phi) is 3.97. The van der Waals surface area contributed by atoms with Gasteiger partial charge in [0.2, 0.25) is 0 Å². The fourth-order valence-electron chi connectivity index (χ4n) is 1.57. The molecule has 2 rings (SSSR count). The smallest absolute Gasteiger partial charge is 0.319 e. The van der Waals surface area contributed by atoms with Crippen LogP contribution in [0.4, 0.5) is 20.6 Å². The molecule has 0 aliphatic carbocycles. The van der Waals surface area contributed by atoms with Crippen molar-refractivity contribution in [1.29, 1.82) is 0 Å². The first-order valence-corrected chi connectivity index (χ1v) is 5.79. The summed E-state index contributed by atoms with van der Waals surface area (Å²) in [6.45, 7) is 0.420. The van der Waals surface area contributed by atoms with Crippen molar-refractivity contribution in [3.63, 3.8) is 0 Å². The number of hydrogen-bond donors (Lipinski definition) is 3. The molecular weight excluding hydrogens is 245 g/mol. The van der Waals surface area contributed by atoms with Gasteiger partial charge >= 0.3 is 6.03 Å². The van der Waals surface area contributed by atoms with E-state index in [2.05, 4.69) is 10.6 Å². The molecule has 0 fully saturated rings. The second kappa shape index (κ2) is 5.86. The highest BCUT2D eigenvalue weighted by molar-refractivity contribution is 5.89. The van der Waals surface area contributed by atoms with Gasteiger partial charge in [-0.1, -0.05) is 30.3 Å². The van der Waals surface area contributed by atoms with E-state index in [1.54, 1.807) is 0 Å². The number of nitrogens with one attached hydrogen (secondary N) is 2. The fraction of sp³-hybridized carbons (Fsp3) is 0.0714. The number of nitrogen functional groups attached to an aromatic ring is 1. The van der Waals surface area contributed by atoms with Crippen molar-refractivity contribution < 1.29 is 9.18 Å². The largest absolute Gasteiger partial charge is 0.396 e. The second-order valence-corrected chi connectivity index (χ2v) is 4.03. The Bertz CT molecular complexity index is 572. The van der Waals surface area contributed by atoms with Gasteiger partial charge in [0.05, 0.1) is 5.69 Å². The van der Waals surface area contributed by atoms with Crippen molar-refractivity contribution in [2.45, 2.75) is 6.54 Å². The maximum atomic E-state index is 13.0. The van der Waals surface area contributed by atoms with Crippen LogP contribution in [0.15, 0.2) is 48.5 Å². The van der Waals surface area contributed by atoms with Crippen LogP contribution in [0, 0.1) is 5.82 Å². The summed E-state index contributed by atoms with van der Waals surface area (Å²) in [5, 5.41) is 5.28. The summed E-state index contributed by atoms with van der Waals surface area (Å²) in [5.41, 5.74) is 6.86. The molecule has 19 heavy (non-hydrogen) atoms. The van der Waals surface area contributed by atoms with E-state index in [4.69, 9.17) is 5.73 Å². The Hall–Kier alpha value is -2.56. The monoisotopic (exact) mass is 259 g/mol. The summed E-state index contributed by atoms with van der Waals surface area (Å²) in [7, 11) is 0. The Morgan fingerprint density at radius 2 is 1.89 bits per heavy atom. The first kappa shape index (κ1) is 12.9. The molecule has 0 heterocycles. The summed E-state index contributed by atoms with van der Waals surface area (Å²) in [4.78, 5) is 11.6. The Balaban J connectivity index is 1.89. The first-order chi connectivity index (χ1) is 9.15. The van der Waals surface area contributed by atoms with E-state index in [0.29, 0.717) is 12.2 Å². The lowest BCUT2D eigenvalue weighted by Crippen LogP contribution is -2.28. The maximum absolute atomic E-state index is 13.0. The number of carbonyl (C=O) groups excluding carboxylic acids is 1. The number of amides is 2. The second-order valence-electron chi connectivity index (χ2n) is 4.03. The minimum absolute atomic E-state index is 0.000796. The topological polar surface area (TPSA) is 67.1 Å². The summed E-state index contributed by atoms with van der Waals surface area (Å²) in [6.07, 6.45) is 0. The van der Waals surface area contributed by atoms with E-state index in [0.717, 1.165) is 5.56 Å². The average Bonchev–Trinajstić information content (AvgIpc) is 2.42. The minimum atomic E-state index is -0.504. The lowest BCUT2D eigenvalue weighted by molar-refractivity contribution is 0.251. The van der Waals surface area contributed by atoms with Crippen LogP contribution in [0.25, 0.3) is 0 Å². The molecule has 0 bridgehead atoms. The zero-order valence-corrected chi connectivity index (χ0v) is 10.2. The Morgan fingerprint density at radius 3 is 2.58 bits per heavy atom. The van der Waals surface area contributed by atoms with Crippen molar-refractivity contribution >= 4 is 17.4 Å². The highest BCUT2D eigenvalue weighted by Crippen LogP contribution is 2.16. The molecule has 0 aliphatic heterocycles. The van der Waals surface area contributed by atoms with Gasteiger partial charge in [-0.15, -0.1) is 0 Å². The zero-order valence-electron chi connectivity index (χ0n) is 10.2. The molecule has 4 N–H and O–H groups in total. The molecule has 2 aromatic rings. The predicted molar refractivity (Wildman–Crippen MR) is 73.1 cm³/mol. The van der Waals surface area contributed by atoms with Gasteiger partial charge in [-0.2, -0.15) is 0 Å². The first-order valence-electron chi connectivity index (χ1n) is 5.79. The van der Waals surface area contributed by atoms with Gasteiger partial charge in [-0.3, -0.25) is 0 Å². The molecule has 0 aromatic heterocycles. The van der Waals surface area contributed by atoms with Crippen LogP contribution in [0.5, 0.6) is 0 Å². The van der Waals surface area contributed by atoms with Crippen molar-refractivity contribution in [2.75, 3.05) is 11.1 Å². The number of benzene rings is 2. The van der Waals surface area contributed by atoms with Gasteiger partial charge in [-0.05, 0) is 23.8 Å². The number of carbonyl (C=O) groups is 1. The summed E-state index contributed by atoms with van der Waals surface area (Å²) < 4.78 is 13.0. The van der Waals surface area contributed by atoms with Crippen molar-refractivity contribution in [1.82, 2.24) is 5.32 Å². The number of rotatable bonds is 3. The van der Waals surface area contributed by atoms with Crippen LogP contribution in [0.1, 0.15) is 5.56 Å². The lowest BCUT2D eigenvalue weighted by Gasteiger charge is -2.08. The normalized spacial score (nSPS) is 9.95. The van der Waals surface area contributed by atoms with E-state index in [1.807, 2.05) is 30.3 Å². The van der Waals surface area contributed by atoms with Crippen LogP contribution < -0.4 is 16.4 Å². The third-order valence-corrected chi connectivity index (χ3v) is 2.55. The number of halogens is 1. The summed E-state index contributed by atoms with van der Waals surface area (Å²) in [6, 6.07) is 13.2. The van der Waals surface area contributed by atoms with E-state index in [1.165, 1.54) is 18.2 Å². The average molecular weight is 259 g/mol. The number of anilines is 2. The molecule has 0 atom stereocenters. The molecule has 0 saturated heterocycles. The maximum Gasteiger partial charge on any atom is 0.319 e. The van der Waals surface area contributed by atoms with Gasteiger partial charge in [0.1, 0.15) is 5.82 Å². The third-order valence-electron chi connectivity index (χ3n) is 2.55. The van der Waals surface area contributed by atoms with E-state index in [-0.39, 0.29) is 11.7 Å². The quantitative estimate of drug-likeness (QED) is 0.742. The molecule has 0 saturated carbocycles. The van der Waals surface area contributed by atoms with Gasteiger partial charge in [0, 0.05) is 12.2 Å². The lowest BCUT2D eigenvalue weighted by atomic mass is 10.2. The summed E-state index contributed by atoms with van der Waals surface area (Å²) in [5.74, 6) is -0.504. The van der Waals surface area contributed by atoms with E-state index >= 15 is 0 Å². The predicted octanol–water partition coefficient (Wildman–Crippen LogP) is 2.73. The highest BCUT2D eigenvalue weighted by Gasteiger charge is 2.04. The van der Waals surface area contributed by atoms with Gasteiger partial charge in [0.15, 0.2) is 0 Å². The van der Waals surface area contributed by atoms with Crippen LogP contribution >= 0.6 is 0 Å². The fourth-order valence-corrected chi connectivity index (χ4v) is 1.57. The molecular formula is C14H14FN3O. The molecule has 0 radical (unpaired) electrons. The van der Waals surface area contributed by atoms with Gasteiger partial charge in [-0.25, -0.2) is 9.18 Å². The van der Waals surface area contributed by atoms with Gasteiger partial charge in [0.25, 0.3) is 0 Å². The molecule has 0 spiro atoms. The zero-order chi connectivity index (χ0) is 13.7. The van der Waals surface area contributed by atoms with Crippen molar-refractivity contribution in [3.8, 4) is 0 Å². The van der Waals surface area contributed by atoms with Crippen LogP contribution in [-0.4, -0.2) is 6.03 Å². The molecule has 2 amide bonds. The number of nitrogens with two attached hydrogens (primary N) is 1. The van der Waals surface area contributed by atoms with Crippen molar-refractivity contribution in [3.05, 3.63) is 59.9 Å². The number of urea groups is 1. The molecule has 98 valence electrons. The molecule has 4 nitrogen and oxygen atoms in total. The minimum Gasteiger partial charge on any atom is -0.396 e.